The second-order valence-corrected chi connectivity index (χ2v) is 5.74. The first-order valence-corrected chi connectivity index (χ1v) is 7.24. The number of ether oxygens (including phenoxy) is 1. The first-order chi connectivity index (χ1) is 9.16. The number of hydrogen-bond donors (Lipinski definition) is 1. The minimum Gasteiger partial charge on any atom is -0.380 e. The molecule has 0 aromatic heterocycles. The van der Waals surface area contributed by atoms with Crippen molar-refractivity contribution in [3.05, 3.63) is 35.4 Å². The lowest BCUT2D eigenvalue weighted by molar-refractivity contribution is 0.102. The normalized spacial score (nSPS) is 16.8. The topological polar surface area (TPSA) is 38.5 Å². The van der Waals surface area contributed by atoms with Crippen molar-refractivity contribution in [3.8, 4) is 0 Å². The maximum Gasteiger partial charge on any atom is 0.0593 e. The van der Waals surface area contributed by atoms with Crippen LogP contribution < -0.4 is 5.73 Å². The van der Waals surface area contributed by atoms with E-state index >= 15 is 0 Å². The van der Waals surface area contributed by atoms with Crippen molar-refractivity contribution in [3.63, 3.8) is 0 Å². The van der Waals surface area contributed by atoms with E-state index < -0.39 is 0 Å². The number of nitrogens with two attached hydrogens (primary N) is 1. The Morgan fingerprint density at radius 1 is 1.37 bits per heavy atom. The smallest absolute Gasteiger partial charge is 0.0593 e. The molecule has 0 spiro atoms. The lowest BCUT2D eigenvalue weighted by Crippen LogP contribution is -2.32. The maximum atomic E-state index is 6.28. The molecular weight excluding hydrogens is 236 g/mol. The molecule has 1 atom stereocenters. The standard InChI is InChI=1S/C16H26N2O/c1-13-5-3-4-6-15(13)16(17)11-18(2)9-10-19-12-14-7-8-14/h3-6,14,16H,7-12,17H2,1-2H3. The van der Waals surface area contributed by atoms with Crippen LogP contribution in [0.15, 0.2) is 24.3 Å². The molecule has 3 nitrogen and oxygen atoms in total. The molecule has 0 amide bonds. The molecule has 1 aromatic carbocycles. The molecule has 0 heterocycles. The van der Waals surface area contributed by atoms with E-state index in [0.29, 0.717) is 0 Å². The molecule has 1 aromatic rings. The molecular formula is C16H26N2O. The molecule has 19 heavy (non-hydrogen) atoms. The molecule has 1 saturated carbocycles. The summed E-state index contributed by atoms with van der Waals surface area (Å²) in [5.41, 5.74) is 8.79. The Hall–Kier alpha value is -0.900. The maximum absolute atomic E-state index is 6.28. The summed E-state index contributed by atoms with van der Waals surface area (Å²) in [6.45, 7) is 5.70. The van der Waals surface area contributed by atoms with Gasteiger partial charge in [0.25, 0.3) is 0 Å². The van der Waals surface area contributed by atoms with Crippen molar-refractivity contribution in [1.82, 2.24) is 4.90 Å². The van der Waals surface area contributed by atoms with E-state index in [-0.39, 0.29) is 6.04 Å². The minimum atomic E-state index is 0.0784. The first-order valence-electron chi connectivity index (χ1n) is 7.24. The Morgan fingerprint density at radius 3 is 2.79 bits per heavy atom. The number of hydrogen-bond acceptors (Lipinski definition) is 3. The van der Waals surface area contributed by atoms with E-state index in [0.717, 1.165) is 32.2 Å². The molecule has 2 rings (SSSR count). The summed E-state index contributed by atoms with van der Waals surface area (Å²) >= 11 is 0. The largest absolute Gasteiger partial charge is 0.380 e. The molecule has 0 bridgehead atoms. The molecule has 3 heteroatoms. The van der Waals surface area contributed by atoms with E-state index in [9.17, 15) is 0 Å². The summed E-state index contributed by atoms with van der Waals surface area (Å²) in [6.07, 6.45) is 2.71. The highest BCUT2D eigenvalue weighted by Crippen LogP contribution is 2.28. The number of benzene rings is 1. The predicted molar refractivity (Wildman–Crippen MR) is 79.1 cm³/mol. The summed E-state index contributed by atoms with van der Waals surface area (Å²) in [5, 5.41) is 0. The zero-order chi connectivity index (χ0) is 13.7. The van der Waals surface area contributed by atoms with Crippen molar-refractivity contribution in [1.29, 1.82) is 0 Å². The first kappa shape index (κ1) is 14.5. The highest BCUT2D eigenvalue weighted by molar-refractivity contribution is 5.28. The highest BCUT2D eigenvalue weighted by atomic mass is 16.5. The lowest BCUT2D eigenvalue weighted by Gasteiger charge is -2.22. The fourth-order valence-corrected chi connectivity index (χ4v) is 2.28. The van der Waals surface area contributed by atoms with Crippen LogP contribution in [0.25, 0.3) is 0 Å². The van der Waals surface area contributed by atoms with E-state index in [1.165, 1.54) is 24.0 Å². The zero-order valence-corrected chi connectivity index (χ0v) is 12.1. The molecule has 106 valence electrons. The zero-order valence-electron chi connectivity index (χ0n) is 12.1. The van der Waals surface area contributed by atoms with Gasteiger partial charge < -0.3 is 15.4 Å². The number of aryl methyl sites for hydroxylation is 1. The highest BCUT2D eigenvalue weighted by Gasteiger charge is 2.21. The van der Waals surface area contributed by atoms with Gasteiger partial charge in [-0.3, -0.25) is 0 Å². The van der Waals surface area contributed by atoms with Gasteiger partial charge in [-0.25, -0.2) is 0 Å². The van der Waals surface area contributed by atoms with Crippen LogP contribution in [0.2, 0.25) is 0 Å². The molecule has 2 N–H and O–H groups in total. The van der Waals surface area contributed by atoms with Crippen LogP contribution >= 0.6 is 0 Å². The Morgan fingerprint density at radius 2 is 2.11 bits per heavy atom. The van der Waals surface area contributed by atoms with Gasteiger partial charge in [0, 0.05) is 25.7 Å². The van der Waals surface area contributed by atoms with Crippen LogP contribution in [0.5, 0.6) is 0 Å². The molecule has 0 saturated heterocycles. The Balaban J connectivity index is 1.68. The third-order valence-corrected chi connectivity index (χ3v) is 3.76. The molecule has 1 aliphatic carbocycles. The lowest BCUT2D eigenvalue weighted by atomic mass is 10.0. The molecule has 0 radical (unpaired) electrons. The second kappa shape index (κ2) is 7.04. The Labute approximate surface area is 116 Å². The molecule has 1 unspecified atom stereocenters. The van der Waals surface area contributed by atoms with Gasteiger partial charge in [-0.1, -0.05) is 24.3 Å². The number of likely N-dealkylation sites (N-methyl/N-ethyl adjacent to an activating group) is 1. The van der Waals surface area contributed by atoms with Crippen LogP contribution in [0.1, 0.15) is 30.0 Å². The monoisotopic (exact) mass is 262 g/mol. The number of nitrogens with zero attached hydrogens (tertiary/aromatic N) is 1. The average molecular weight is 262 g/mol. The fourth-order valence-electron chi connectivity index (χ4n) is 2.28. The predicted octanol–water partition coefficient (Wildman–Crippen LogP) is 2.35. The van der Waals surface area contributed by atoms with Crippen molar-refractivity contribution in [2.75, 3.05) is 33.4 Å². The Bertz CT molecular complexity index is 390. The van der Waals surface area contributed by atoms with Crippen molar-refractivity contribution in [2.45, 2.75) is 25.8 Å². The summed E-state index contributed by atoms with van der Waals surface area (Å²) in [6, 6.07) is 8.43. The van der Waals surface area contributed by atoms with E-state index in [4.69, 9.17) is 10.5 Å². The molecule has 1 fully saturated rings. The minimum absolute atomic E-state index is 0.0784. The van der Waals surface area contributed by atoms with Gasteiger partial charge >= 0.3 is 0 Å². The van der Waals surface area contributed by atoms with Crippen LogP contribution in [0.3, 0.4) is 0 Å². The van der Waals surface area contributed by atoms with Crippen LogP contribution in [0.4, 0.5) is 0 Å². The SMILES string of the molecule is Cc1ccccc1C(N)CN(C)CCOCC1CC1. The van der Waals surface area contributed by atoms with E-state index in [2.05, 4.69) is 43.1 Å². The van der Waals surface area contributed by atoms with Gasteiger partial charge in [-0.05, 0) is 43.9 Å². The second-order valence-electron chi connectivity index (χ2n) is 5.74. The van der Waals surface area contributed by atoms with Crippen molar-refractivity contribution >= 4 is 0 Å². The quantitative estimate of drug-likeness (QED) is 0.731. The number of rotatable bonds is 8. The van der Waals surface area contributed by atoms with Gasteiger partial charge in [0.05, 0.1) is 6.61 Å². The third-order valence-electron chi connectivity index (χ3n) is 3.76. The van der Waals surface area contributed by atoms with Crippen LogP contribution in [-0.2, 0) is 4.74 Å². The van der Waals surface area contributed by atoms with Crippen LogP contribution in [0, 0.1) is 12.8 Å². The van der Waals surface area contributed by atoms with Crippen LogP contribution in [-0.4, -0.2) is 38.3 Å². The van der Waals surface area contributed by atoms with Gasteiger partial charge in [0.15, 0.2) is 0 Å². The third kappa shape index (κ3) is 4.94. The molecule has 0 aliphatic heterocycles. The van der Waals surface area contributed by atoms with E-state index in [1.54, 1.807) is 0 Å². The van der Waals surface area contributed by atoms with Gasteiger partial charge in [-0.2, -0.15) is 0 Å². The summed E-state index contributed by atoms with van der Waals surface area (Å²) in [4.78, 5) is 2.25. The van der Waals surface area contributed by atoms with E-state index in [1.807, 2.05) is 0 Å². The van der Waals surface area contributed by atoms with Gasteiger partial charge in [-0.15, -0.1) is 0 Å². The van der Waals surface area contributed by atoms with Gasteiger partial charge in [0.1, 0.15) is 0 Å². The summed E-state index contributed by atoms with van der Waals surface area (Å²) < 4.78 is 5.66. The Kier molecular flexibility index (Phi) is 5.37. The van der Waals surface area contributed by atoms with Crippen molar-refractivity contribution < 1.29 is 4.74 Å². The average Bonchev–Trinajstić information content (AvgIpc) is 3.19. The summed E-state index contributed by atoms with van der Waals surface area (Å²) in [7, 11) is 2.11. The van der Waals surface area contributed by atoms with Crippen molar-refractivity contribution in [2.24, 2.45) is 11.7 Å². The fraction of sp³-hybridized carbons (Fsp3) is 0.625. The molecule has 1 aliphatic rings. The van der Waals surface area contributed by atoms with Gasteiger partial charge in [0.2, 0.25) is 0 Å². The summed E-state index contributed by atoms with van der Waals surface area (Å²) in [5.74, 6) is 0.847.